The minimum absolute atomic E-state index is 0.0831. The molecule has 8 nitrogen and oxygen atoms in total. The van der Waals surface area contributed by atoms with Gasteiger partial charge < -0.3 is 14.5 Å². The SMILES string of the molecule is COc1ccccc1CNC(=O)CCCn1ncn2c(cc3occc32)c1=O. The fourth-order valence-electron chi connectivity index (χ4n) is 3.21. The van der Waals surface area contributed by atoms with Crippen LogP contribution >= 0.6 is 0 Å². The molecule has 4 aromatic rings. The van der Waals surface area contributed by atoms with E-state index in [1.54, 1.807) is 36.2 Å². The Morgan fingerprint density at radius 2 is 2.11 bits per heavy atom. The molecule has 0 fully saturated rings. The summed E-state index contributed by atoms with van der Waals surface area (Å²) in [6.45, 7) is 0.764. The third-order valence-corrected chi connectivity index (χ3v) is 4.66. The number of benzene rings is 1. The third-order valence-electron chi connectivity index (χ3n) is 4.66. The number of aryl methyl sites for hydroxylation is 1. The van der Waals surface area contributed by atoms with Crippen LogP contribution in [0.4, 0.5) is 0 Å². The zero-order chi connectivity index (χ0) is 19.5. The molecule has 0 aliphatic rings. The van der Waals surface area contributed by atoms with Crippen molar-refractivity contribution in [2.45, 2.75) is 25.9 Å². The molecule has 1 amide bonds. The Hall–Kier alpha value is -3.55. The molecule has 28 heavy (non-hydrogen) atoms. The molecule has 8 heteroatoms. The van der Waals surface area contributed by atoms with Crippen molar-refractivity contribution in [3.05, 3.63) is 64.9 Å². The number of para-hydroxylation sites is 1. The van der Waals surface area contributed by atoms with E-state index in [1.165, 1.54) is 4.68 Å². The fraction of sp³-hybridized carbons (Fsp3) is 0.250. The van der Waals surface area contributed by atoms with Crippen LogP contribution in [0.5, 0.6) is 5.75 Å². The van der Waals surface area contributed by atoms with Crippen LogP contribution in [0.25, 0.3) is 16.6 Å². The van der Waals surface area contributed by atoms with Gasteiger partial charge in [-0.15, -0.1) is 0 Å². The van der Waals surface area contributed by atoms with E-state index in [0.717, 1.165) is 16.8 Å². The number of rotatable bonds is 7. The van der Waals surface area contributed by atoms with Gasteiger partial charge in [-0.1, -0.05) is 18.2 Å². The third kappa shape index (κ3) is 3.36. The smallest absolute Gasteiger partial charge is 0.291 e. The Balaban J connectivity index is 1.35. The van der Waals surface area contributed by atoms with E-state index in [9.17, 15) is 9.59 Å². The minimum Gasteiger partial charge on any atom is -0.496 e. The first kappa shape index (κ1) is 17.8. The Bertz CT molecular complexity index is 1190. The number of carbonyl (C=O) groups is 1. The molecule has 0 aliphatic carbocycles. The standard InChI is InChI=1S/C20H20N4O4/c1-27-17-6-3-2-5-14(17)12-21-19(25)7-4-9-24-20(26)16-11-18-15(8-10-28-18)23(16)13-22-24/h2-3,5-6,8,10-11,13H,4,7,9,12H2,1H3,(H,21,25). The molecule has 0 radical (unpaired) electrons. The average Bonchev–Trinajstić information content (AvgIpc) is 3.30. The molecule has 4 rings (SSSR count). The number of nitrogens with zero attached hydrogens (tertiary/aromatic N) is 3. The van der Waals surface area contributed by atoms with E-state index in [0.29, 0.717) is 37.0 Å². The number of ether oxygens (including phenoxy) is 1. The van der Waals surface area contributed by atoms with Gasteiger partial charge >= 0.3 is 0 Å². The lowest BCUT2D eigenvalue weighted by Crippen LogP contribution is -2.26. The molecule has 0 spiro atoms. The summed E-state index contributed by atoms with van der Waals surface area (Å²) in [5.74, 6) is 0.657. The molecule has 0 atom stereocenters. The van der Waals surface area contributed by atoms with Gasteiger partial charge in [0, 0.05) is 37.2 Å². The molecule has 0 saturated heterocycles. The van der Waals surface area contributed by atoms with Gasteiger partial charge in [0.25, 0.3) is 5.56 Å². The van der Waals surface area contributed by atoms with Crippen molar-refractivity contribution in [3.63, 3.8) is 0 Å². The van der Waals surface area contributed by atoms with Gasteiger partial charge in [0.15, 0.2) is 5.58 Å². The highest BCUT2D eigenvalue weighted by Crippen LogP contribution is 2.18. The molecular formula is C20H20N4O4. The van der Waals surface area contributed by atoms with Gasteiger partial charge in [0.1, 0.15) is 17.6 Å². The molecule has 0 saturated carbocycles. The Morgan fingerprint density at radius 3 is 2.96 bits per heavy atom. The lowest BCUT2D eigenvalue weighted by Gasteiger charge is -2.10. The topological polar surface area (TPSA) is 90.8 Å². The summed E-state index contributed by atoms with van der Waals surface area (Å²) < 4.78 is 13.7. The first-order valence-corrected chi connectivity index (χ1v) is 9.00. The van der Waals surface area contributed by atoms with Crippen molar-refractivity contribution < 1.29 is 13.9 Å². The van der Waals surface area contributed by atoms with Crippen LogP contribution in [-0.4, -0.2) is 27.2 Å². The van der Waals surface area contributed by atoms with E-state index < -0.39 is 0 Å². The summed E-state index contributed by atoms with van der Waals surface area (Å²) in [5.41, 5.74) is 2.67. The number of furan rings is 1. The van der Waals surface area contributed by atoms with Crippen LogP contribution in [0, 0.1) is 0 Å². The van der Waals surface area contributed by atoms with Crippen molar-refractivity contribution in [2.75, 3.05) is 7.11 Å². The molecule has 1 N–H and O–H groups in total. The normalized spacial score (nSPS) is 11.2. The zero-order valence-electron chi connectivity index (χ0n) is 15.4. The molecule has 3 aromatic heterocycles. The van der Waals surface area contributed by atoms with Crippen LogP contribution in [0.3, 0.4) is 0 Å². The van der Waals surface area contributed by atoms with Crippen LogP contribution in [0.1, 0.15) is 18.4 Å². The molecule has 0 bridgehead atoms. The van der Waals surface area contributed by atoms with Crippen LogP contribution in [0.15, 0.2) is 58.2 Å². The number of aromatic nitrogens is 3. The number of carbonyl (C=O) groups excluding carboxylic acids is 1. The van der Waals surface area contributed by atoms with E-state index in [2.05, 4.69) is 10.4 Å². The second-order valence-corrected chi connectivity index (χ2v) is 6.42. The molecule has 3 heterocycles. The van der Waals surface area contributed by atoms with Gasteiger partial charge in [-0.3, -0.25) is 14.0 Å². The lowest BCUT2D eigenvalue weighted by atomic mass is 10.2. The van der Waals surface area contributed by atoms with E-state index in [4.69, 9.17) is 9.15 Å². The van der Waals surface area contributed by atoms with Crippen molar-refractivity contribution in [1.29, 1.82) is 0 Å². The van der Waals surface area contributed by atoms with Gasteiger partial charge in [-0.2, -0.15) is 5.10 Å². The number of nitrogens with one attached hydrogen (secondary N) is 1. The maximum atomic E-state index is 12.6. The fourth-order valence-corrected chi connectivity index (χ4v) is 3.21. The number of amides is 1. The highest BCUT2D eigenvalue weighted by molar-refractivity contribution is 5.81. The monoisotopic (exact) mass is 380 g/mol. The van der Waals surface area contributed by atoms with Crippen molar-refractivity contribution in [1.82, 2.24) is 19.5 Å². The minimum atomic E-state index is -0.205. The second kappa shape index (κ2) is 7.59. The Labute approximate surface area is 160 Å². The van der Waals surface area contributed by atoms with Crippen LogP contribution < -0.4 is 15.6 Å². The number of hydrogen-bond donors (Lipinski definition) is 1. The van der Waals surface area contributed by atoms with Gasteiger partial charge in [-0.25, -0.2) is 4.68 Å². The van der Waals surface area contributed by atoms with Crippen LogP contribution in [0.2, 0.25) is 0 Å². The highest BCUT2D eigenvalue weighted by Gasteiger charge is 2.11. The molecule has 0 aliphatic heterocycles. The lowest BCUT2D eigenvalue weighted by molar-refractivity contribution is -0.121. The van der Waals surface area contributed by atoms with Gasteiger partial charge in [0.05, 0.1) is 18.9 Å². The molecule has 0 unspecified atom stereocenters. The van der Waals surface area contributed by atoms with Crippen LogP contribution in [-0.2, 0) is 17.9 Å². The molecule has 1 aromatic carbocycles. The first-order chi connectivity index (χ1) is 13.7. The van der Waals surface area contributed by atoms with Crippen molar-refractivity contribution >= 4 is 22.5 Å². The van der Waals surface area contributed by atoms with Crippen molar-refractivity contribution in [2.24, 2.45) is 0 Å². The number of fused-ring (bicyclic) bond motifs is 3. The van der Waals surface area contributed by atoms with Gasteiger partial charge in [0.2, 0.25) is 5.91 Å². The largest absolute Gasteiger partial charge is 0.496 e. The predicted octanol–water partition coefficient (Wildman–Crippen LogP) is 2.35. The summed E-state index contributed by atoms with van der Waals surface area (Å²) in [5, 5.41) is 7.07. The average molecular weight is 380 g/mol. The quantitative estimate of drug-likeness (QED) is 0.531. The Morgan fingerprint density at radius 1 is 1.25 bits per heavy atom. The predicted molar refractivity (Wildman–Crippen MR) is 103 cm³/mol. The summed E-state index contributed by atoms with van der Waals surface area (Å²) in [7, 11) is 1.60. The number of hydrogen-bond acceptors (Lipinski definition) is 5. The summed E-state index contributed by atoms with van der Waals surface area (Å²) >= 11 is 0. The first-order valence-electron chi connectivity index (χ1n) is 9.00. The summed E-state index contributed by atoms with van der Waals surface area (Å²) in [6, 6.07) is 11.0. The van der Waals surface area contributed by atoms with Crippen molar-refractivity contribution in [3.8, 4) is 5.75 Å². The van der Waals surface area contributed by atoms with Gasteiger partial charge in [-0.05, 0) is 12.5 Å². The highest BCUT2D eigenvalue weighted by atomic mass is 16.5. The van der Waals surface area contributed by atoms with E-state index in [-0.39, 0.29) is 11.5 Å². The van der Waals surface area contributed by atoms with E-state index in [1.807, 2.05) is 24.3 Å². The number of methoxy groups -OCH3 is 1. The zero-order valence-corrected chi connectivity index (χ0v) is 15.4. The molecular weight excluding hydrogens is 360 g/mol. The summed E-state index contributed by atoms with van der Waals surface area (Å²) in [4.78, 5) is 24.7. The maximum Gasteiger partial charge on any atom is 0.291 e. The maximum absolute atomic E-state index is 12.6. The molecule has 144 valence electrons. The Kier molecular flexibility index (Phi) is 4.84. The second-order valence-electron chi connectivity index (χ2n) is 6.42. The van der Waals surface area contributed by atoms with E-state index >= 15 is 0 Å². The summed E-state index contributed by atoms with van der Waals surface area (Å²) in [6.07, 6.45) is 3.98.